The summed E-state index contributed by atoms with van der Waals surface area (Å²) < 4.78 is 0. The zero-order valence-electron chi connectivity index (χ0n) is 17.7. The van der Waals surface area contributed by atoms with Gasteiger partial charge >= 0.3 is 0 Å². The summed E-state index contributed by atoms with van der Waals surface area (Å²) in [5.41, 5.74) is 11.1. The highest BCUT2D eigenvalue weighted by molar-refractivity contribution is 7.21. The first-order chi connectivity index (χ1) is 15.5. The Hall–Kier alpha value is -3.09. The van der Waals surface area contributed by atoms with Crippen molar-refractivity contribution in [1.82, 2.24) is 9.88 Å². The number of nitrogens with zero attached hydrogens (tertiary/aromatic N) is 3. The maximum Gasteiger partial charge on any atom is 0.266 e. The number of aromatic nitrogens is 1. The fourth-order valence-corrected chi connectivity index (χ4v) is 5.27. The molecule has 2 N–H and O–H groups in total. The molecule has 3 heterocycles. The molecular formula is C25H23ClN4OS. The van der Waals surface area contributed by atoms with Gasteiger partial charge in [-0.05, 0) is 37.3 Å². The molecule has 7 heteroatoms. The summed E-state index contributed by atoms with van der Waals surface area (Å²) in [6, 6.07) is 20.0. The number of amides is 1. The molecule has 1 amide bonds. The number of fused-ring (bicyclic) bond motifs is 1. The van der Waals surface area contributed by atoms with Crippen molar-refractivity contribution in [2.24, 2.45) is 0 Å². The van der Waals surface area contributed by atoms with Crippen molar-refractivity contribution in [3.8, 4) is 11.3 Å². The number of halogens is 1. The Kier molecular flexibility index (Phi) is 5.49. The summed E-state index contributed by atoms with van der Waals surface area (Å²) >= 11 is 7.51. The van der Waals surface area contributed by atoms with Gasteiger partial charge in [0.25, 0.3) is 5.91 Å². The average Bonchev–Trinajstić information content (AvgIpc) is 3.15. The van der Waals surface area contributed by atoms with Gasteiger partial charge in [-0.15, -0.1) is 11.3 Å². The Bertz CT molecular complexity index is 1290. The Morgan fingerprint density at radius 3 is 2.50 bits per heavy atom. The fourth-order valence-electron chi connectivity index (χ4n) is 4.03. The van der Waals surface area contributed by atoms with Crippen LogP contribution >= 0.6 is 22.9 Å². The molecule has 32 heavy (non-hydrogen) atoms. The Labute approximate surface area is 196 Å². The summed E-state index contributed by atoms with van der Waals surface area (Å²) in [5, 5.41) is 1.56. The van der Waals surface area contributed by atoms with E-state index in [4.69, 9.17) is 22.3 Å². The molecule has 2 aromatic carbocycles. The van der Waals surface area contributed by atoms with Gasteiger partial charge in [-0.25, -0.2) is 4.98 Å². The second-order valence-electron chi connectivity index (χ2n) is 8.02. The molecule has 1 aliphatic rings. The van der Waals surface area contributed by atoms with E-state index < -0.39 is 0 Å². The smallest absolute Gasteiger partial charge is 0.266 e. The number of aryl methyl sites for hydroxylation is 1. The third-order valence-corrected chi connectivity index (χ3v) is 7.21. The number of rotatable bonds is 3. The van der Waals surface area contributed by atoms with Gasteiger partial charge in [-0.1, -0.05) is 47.5 Å². The van der Waals surface area contributed by atoms with Crippen LogP contribution in [0.3, 0.4) is 0 Å². The number of anilines is 2. The lowest BCUT2D eigenvalue weighted by Gasteiger charge is -2.36. The normalized spacial score (nSPS) is 14.2. The topological polar surface area (TPSA) is 62.5 Å². The van der Waals surface area contributed by atoms with E-state index in [-0.39, 0.29) is 5.91 Å². The van der Waals surface area contributed by atoms with Crippen molar-refractivity contribution in [1.29, 1.82) is 0 Å². The number of thiophene rings is 1. The Balaban J connectivity index is 1.35. The number of hydrogen-bond acceptors (Lipinski definition) is 5. The van der Waals surface area contributed by atoms with Crippen LogP contribution in [0.4, 0.5) is 11.4 Å². The van der Waals surface area contributed by atoms with Gasteiger partial charge < -0.3 is 15.5 Å². The van der Waals surface area contributed by atoms with E-state index in [1.807, 2.05) is 41.3 Å². The molecule has 1 fully saturated rings. The van der Waals surface area contributed by atoms with Crippen molar-refractivity contribution in [2.45, 2.75) is 6.92 Å². The number of nitrogen functional groups attached to an aromatic ring is 1. The van der Waals surface area contributed by atoms with Crippen LogP contribution in [0.5, 0.6) is 0 Å². The number of carbonyl (C=O) groups excluding carboxylic acids is 1. The van der Waals surface area contributed by atoms with E-state index >= 15 is 0 Å². The lowest BCUT2D eigenvalue weighted by molar-refractivity contribution is 0.0752. The van der Waals surface area contributed by atoms with Crippen LogP contribution in [-0.2, 0) is 0 Å². The van der Waals surface area contributed by atoms with Gasteiger partial charge in [0.1, 0.15) is 9.71 Å². The second kappa shape index (κ2) is 8.45. The molecule has 0 aliphatic carbocycles. The predicted molar refractivity (Wildman–Crippen MR) is 134 cm³/mol. The molecule has 1 saturated heterocycles. The predicted octanol–water partition coefficient (Wildman–Crippen LogP) is 5.47. The molecule has 4 aromatic rings. The molecule has 0 radical (unpaired) electrons. The first kappa shape index (κ1) is 20.8. The SMILES string of the molecule is Cc1ccc(-c2ccc3c(N)c(C(=O)N4CCN(c5cccc(Cl)c5)CC4)sc3n2)cc1. The molecule has 5 nitrogen and oxygen atoms in total. The molecule has 5 rings (SSSR count). The first-order valence-corrected chi connectivity index (χ1v) is 11.7. The van der Waals surface area contributed by atoms with E-state index in [2.05, 4.69) is 36.1 Å². The minimum atomic E-state index is -0.0203. The van der Waals surface area contributed by atoms with Gasteiger partial charge in [0.2, 0.25) is 0 Å². The van der Waals surface area contributed by atoms with E-state index in [0.717, 1.165) is 45.3 Å². The van der Waals surface area contributed by atoms with Crippen molar-refractivity contribution >= 4 is 50.4 Å². The second-order valence-corrected chi connectivity index (χ2v) is 9.45. The molecule has 162 valence electrons. The van der Waals surface area contributed by atoms with Crippen molar-refractivity contribution in [3.05, 3.63) is 76.1 Å². The summed E-state index contributed by atoms with van der Waals surface area (Å²) in [4.78, 5) is 23.6. The zero-order chi connectivity index (χ0) is 22.2. The monoisotopic (exact) mass is 462 g/mol. The van der Waals surface area contributed by atoms with Crippen LogP contribution < -0.4 is 10.6 Å². The highest BCUT2D eigenvalue weighted by Gasteiger charge is 2.26. The molecule has 2 aromatic heterocycles. The van der Waals surface area contributed by atoms with E-state index in [0.29, 0.717) is 23.7 Å². The number of benzene rings is 2. The highest BCUT2D eigenvalue weighted by atomic mass is 35.5. The van der Waals surface area contributed by atoms with Crippen LogP contribution in [0.2, 0.25) is 5.02 Å². The van der Waals surface area contributed by atoms with Crippen LogP contribution in [-0.4, -0.2) is 42.0 Å². The number of piperazine rings is 1. The Morgan fingerprint density at radius 1 is 1.03 bits per heavy atom. The number of nitrogens with two attached hydrogens (primary N) is 1. The molecule has 0 unspecified atom stereocenters. The van der Waals surface area contributed by atoms with Crippen LogP contribution in [0.15, 0.2) is 60.7 Å². The highest BCUT2D eigenvalue weighted by Crippen LogP contribution is 2.35. The summed E-state index contributed by atoms with van der Waals surface area (Å²) in [7, 11) is 0. The minimum Gasteiger partial charge on any atom is -0.397 e. The van der Waals surface area contributed by atoms with E-state index in [9.17, 15) is 4.79 Å². The van der Waals surface area contributed by atoms with Gasteiger partial charge in [0.15, 0.2) is 0 Å². The number of pyridine rings is 1. The summed E-state index contributed by atoms with van der Waals surface area (Å²) in [6.07, 6.45) is 0. The van der Waals surface area contributed by atoms with E-state index in [1.165, 1.54) is 16.9 Å². The molecule has 1 aliphatic heterocycles. The molecular weight excluding hydrogens is 440 g/mol. The van der Waals surface area contributed by atoms with Crippen LogP contribution in [0.1, 0.15) is 15.2 Å². The maximum atomic E-state index is 13.3. The first-order valence-electron chi connectivity index (χ1n) is 10.6. The third-order valence-electron chi connectivity index (χ3n) is 5.88. The van der Waals surface area contributed by atoms with Crippen LogP contribution in [0.25, 0.3) is 21.5 Å². The van der Waals surface area contributed by atoms with Crippen LogP contribution in [0, 0.1) is 6.92 Å². The summed E-state index contributed by atoms with van der Waals surface area (Å²) in [6.45, 7) is 4.86. The third kappa shape index (κ3) is 3.92. The van der Waals surface area contributed by atoms with Gasteiger partial charge in [-0.2, -0.15) is 0 Å². The lowest BCUT2D eigenvalue weighted by Crippen LogP contribution is -2.48. The number of carbonyl (C=O) groups is 1. The van der Waals surface area contributed by atoms with Crippen molar-refractivity contribution in [2.75, 3.05) is 36.8 Å². The van der Waals surface area contributed by atoms with Crippen molar-refractivity contribution < 1.29 is 4.79 Å². The molecule has 0 bridgehead atoms. The quantitative estimate of drug-likeness (QED) is 0.438. The molecule has 0 spiro atoms. The minimum absolute atomic E-state index is 0.0203. The van der Waals surface area contributed by atoms with Gasteiger partial charge in [0, 0.05) is 47.8 Å². The van der Waals surface area contributed by atoms with Crippen molar-refractivity contribution in [3.63, 3.8) is 0 Å². The largest absolute Gasteiger partial charge is 0.397 e. The van der Waals surface area contributed by atoms with E-state index in [1.54, 1.807) is 0 Å². The molecule has 0 atom stereocenters. The number of hydrogen-bond donors (Lipinski definition) is 1. The average molecular weight is 463 g/mol. The summed E-state index contributed by atoms with van der Waals surface area (Å²) in [5.74, 6) is -0.0203. The molecule has 0 saturated carbocycles. The fraction of sp³-hybridized carbons (Fsp3) is 0.200. The maximum absolute atomic E-state index is 13.3. The lowest BCUT2D eigenvalue weighted by atomic mass is 10.1. The Morgan fingerprint density at radius 2 is 1.78 bits per heavy atom. The van der Waals surface area contributed by atoms with Gasteiger partial charge in [-0.3, -0.25) is 4.79 Å². The van der Waals surface area contributed by atoms with Gasteiger partial charge in [0.05, 0.1) is 11.4 Å². The zero-order valence-corrected chi connectivity index (χ0v) is 19.3. The standard InChI is InChI=1S/C25H23ClN4OS/c1-16-5-7-17(8-6-16)21-10-9-20-22(27)23(32-24(20)28-21)25(31)30-13-11-29(12-14-30)19-4-2-3-18(26)15-19/h2-10,15H,11-14,27H2,1H3.